The number of nitrogens with zero attached hydrogens (tertiary/aromatic N) is 2. The van der Waals surface area contributed by atoms with Crippen LogP contribution in [-0.2, 0) is 13.0 Å². The van der Waals surface area contributed by atoms with E-state index in [1.54, 1.807) is 6.20 Å². The Morgan fingerprint density at radius 2 is 2.21 bits per heavy atom. The van der Waals surface area contributed by atoms with Gasteiger partial charge in [0.1, 0.15) is 18.1 Å². The van der Waals surface area contributed by atoms with Gasteiger partial charge >= 0.3 is 0 Å². The van der Waals surface area contributed by atoms with Crippen LogP contribution in [0, 0.1) is 0 Å². The first-order valence-electron chi connectivity index (χ1n) is 6.24. The first-order chi connectivity index (χ1) is 9.08. The van der Waals surface area contributed by atoms with E-state index in [0.717, 1.165) is 17.9 Å². The van der Waals surface area contributed by atoms with E-state index in [0.29, 0.717) is 5.69 Å². The molecule has 0 spiro atoms. The van der Waals surface area contributed by atoms with Crippen LogP contribution in [0.3, 0.4) is 0 Å². The highest BCUT2D eigenvalue weighted by Gasteiger charge is 2.12. The minimum Gasteiger partial charge on any atom is -0.464 e. The number of alkyl halides is 2. The van der Waals surface area contributed by atoms with Gasteiger partial charge in [0.15, 0.2) is 0 Å². The molecular formula is C13H17F2N3O. The van der Waals surface area contributed by atoms with Crippen molar-refractivity contribution < 1.29 is 13.2 Å². The Hall–Kier alpha value is -1.85. The van der Waals surface area contributed by atoms with Crippen molar-refractivity contribution in [3.05, 3.63) is 36.0 Å². The van der Waals surface area contributed by atoms with Gasteiger partial charge in [0.2, 0.25) is 0 Å². The van der Waals surface area contributed by atoms with E-state index in [4.69, 9.17) is 4.42 Å². The van der Waals surface area contributed by atoms with Gasteiger partial charge in [-0.25, -0.2) is 8.78 Å². The summed E-state index contributed by atoms with van der Waals surface area (Å²) >= 11 is 0. The minimum atomic E-state index is -2.40. The van der Waals surface area contributed by atoms with Crippen LogP contribution in [0.2, 0.25) is 0 Å². The van der Waals surface area contributed by atoms with E-state index in [1.165, 1.54) is 10.9 Å². The second-order valence-electron chi connectivity index (χ2n) is 4.37. The fraction of sp³-hybridized carbons (Fsp3) is 0.462. The lowest BCUT2D eigenvalue weighted by molar-refractivity contribution is 0.122. The summed E-state index contributed by atoms with van der Waals surface area (Å²) in [5.74, 6) is 1.75. The van der Waals surface area contributed by atoms with E-state index in [1.807, 2.05) is 26.0 Å². The molecule has 0 bridgehead atoms. The maximum Gasteiger partial charge on any atom is 0.257 e. The van der Waals surface area contributed by atoms with Gasteiger partial charge < -0.3 is 9.73 Å². The van der Waals surface area contributed by atoms with Crippen molar-refractivity contribution in [2.45, 2.75) is 39.3 Å². The number of nitrogens with one attached hydrogen (secondary N) is 1. The van der Waals surface area contributed by atoms with Gasteiger partial charge in [-0.3, -0.25) is 4.68 Å². The zero-order chi connectivity index (χ0) is 13.8. The Balaban J connectivity index is 1.98. The average molecular weight is 269 g/mol. The molecule has 0 fully saturated rings. The Bertz CT molecular complexity index is 521. The highest BCUT2D eigenvalue weighted by molar-refractivity contribution is 5.40. The number of hydrogen-bond donors (Lipinski definition) is 1. The normalized spacial score (nSPS) is 12.9. The summed E-state index contributed by atoms with van der Waals surface area (Å²) in [7, 11) is 0. The second kappa shape index (κ2) is 5.86. The van der Waals surface area contributed by atoms with Crippen LogP contribution in [0.4, 0.5) is 14.5 Å². The Labute approximate surface area is 110 Å². The molecule has 0 aromatic carbocycles. The molecule has 2 aromatic rings. The maximum absolute atomic E-state index is 12.2. The lowest BCUT2D eigenvalue weighted by Crippen LogP contribution is -2.07. The molecule has 1 N–H and O–H groups in total. The molecule has 0 radical (unpaired) electrons. The van der Waals surface area contributed by atoms with E-state index in [-0.39, 0.29) is 6.04 Å². The Morgan fingerprint density at radius 1 is 1.42 bits per heavy atom. The van der Waals surface area contributed by atoms with Crippen LogP contribution < -0.4 is 5.32 Å². The highest BCUT2D eigenvalue weighted by atomic mass is 19.3. The third kappa shape index (κ3) is 3.56. The predicted octanol–water partition coefficient (Wildman–Crippen LogP) is 3.48. The molecule has 1 atom stereocenters. The molecule has 2 rings (SSSR count). The molecule has 2 aromatic heterocycles. The van der Waals surface area contributed by atoms with Crippen molar-refractivity contribution >= 4 is 5.69 Å². The molecule has 104 valence electrons. The summed E-state index contributed by atoms with van der Waals surface area (Å²) in [6, 6.07) is 3.82. The van der Waals surface area contributed by atoms with Gasteiger partial charge in [0.05, 0.1) is 17.9 Å². The van der Waals surface area contributed by atoms with E-state index in [9.17, 15) is 8.78 Å². The Morgan fingerprint density at radius 3 is 2.84 bits per heavy atom. The number of aromatic nitrogens is 2. The standard InChI is InChI=1S/C13H17F2N3O/c1-3-11-4-5-12(19-11)9(2)17-10-6-16-18(7-10)8-13(14)15/h4-7,9,13,17H,3,8H2,1-2H3. The summed E-state index contributed by atoms with van der Waals surface area (Å²) in [6.45, 7) is 3.58. The van der Waals surface area contributed by atoms with Crippen LogP contribution in [0.15, 0.2) is 28.9 Å². The van der Waals surface area contributed by atoms with Crippen LogP contribution >= 0.6 is 0 Å². The van der Waals surface area contributed by atoms with Crippen molar-refractivity contribution in [3.63, 3.8) is 0 Å². The minimum absolute atomic E-state index is 0.0375. The first-order valence-corrected chi connectivity index (χ1v) is 6.24. The van der Waals surface area contributed by atoms with Gasteiger partial charge in [0, 0.05) is 12.6 Å². The first kappa shape index (κ1) is 13.6. The summed E-state index contributed by atoms with van der Waals surface area (Å²) < 4.78 is 31.3. The zero-order valence-electron chi connectivity index (χ0n) is 10.9. The third-order valence-electron chi connectivity index (χ3n) is 2.80. The summed E-state index contributed by atoms with van der Waals surface area (Å²) in [6.07, 6.45) is 1.54. The Kier molecular flexibility index (Phi) is 4.19. The van der Waals surface area contributed by atoms with Gasteiger partial charge in [0.25, 0.3) is 6.43 Å². The number of hydrogen-bond acceptors (Lipinski definition) is 3. The SMILES string of the molecule is CCc1ccc(C(C)Nc2cnn(CC(F)F)c2)o1. The molecule has 1 unspecified atom stereocenters. The smallest absolute Gasteiger partial charge is 0.257 e. The monoisotopic (exact) mass is 269 g/mol. The molecule has 0 amide bonds. The number of anilines is 1. The second-order valence-corrected chi connectivity index (χ2v) is 4.37. The largest absolute Gasteiger partial charge is 0.464 e. The van der Waals surface area contributed by atoms with Gasteiger partial charge in [-0.15, -0.1) is 0 Å². The fourth-order valence-corrected chi connectivity index (χ4v) is 1.82. The molecule has 0 aliphatic rings. The summed E-state index contributed by atoms with van der Waals surface area (Å²) in [5.41, 5.74) is 0.697. The molecular weight excluding hydrogens is 252 g/mol. The van der Waals surface area contributed by atoms with Gasteiger partial charge in [-0.05, 0) is 19.1 Å². The summed E-state index contributed by atoms with van der Waals surface area (Å²) in [5, 5.41) is 7.04. The lowest BCUT2D eigenvalue weighted by Gasteiger charge is -2.10. The molecule has 4 nitrogen and oxygen atoms in total. The fourth-order valence-electron chi connectivity index (χ4n) is 1.82. The van der Waals surface area contributed by atoms with Crippen LogP contribution in [-0.4, -0.2) is 16.2 Å². The zero-order valence-corrected chi connectivity index (χ0v) is 10.9. The molecule has 0 saturated heterocycles. The topological polar surface area (TPSA) is 43.0 Å². The lowest BCUT2D eigenvalue weighted by atomic mass is 10.2. The van der Waals surface area contributed by atoms with Crippen molar-refractivity contribution in [1.29, 1.82) is 0 Å². The van der Waals surface area contributed by atoms with Crippen molar-refractivity contribution in [1.82, 2.24) is 9.78 Å². The molecule has 19 heavy (non-hydrogen) atoms. The molecule has 0 saturated carbocycles. The third-order valence-corrected chi connectivity index (χ3v) is 2.80. The van der Waals surface area contributed by atoms with Gasteiger partial charge in [-0.1, -0.05) is 6.92 Å². The van der Waals surface area contributed by atoms with E-state index in [2.05, 4.69) is 10.4 Å². The average Bonchev–Trinajstić information content (AvgIpc) is 2.97. The quantitative estimate of drug-likeness (QED) is 0.873. The predicted molar refractivity (Wildman–Crippen MR) is 68.4 cm³/mol. The molecule has 2 heterocycles. The van der Waals surface area contributed by atoms with Crippen LogP contribution in [0.25, 0.3) is 0 Å². The van der Waals surface area contributed by atoms with Crippen molar-refractivity contribution in [3.8, 4) is 0 Å². The number of aryl methyl sites for hydroxylation is 1. The van der Waals surface area contributed by atoms with Crippen LogP contribution in [0.5, 0.6) is 0 Å². The highest BCUT2D eigenvalue weighted by Crippen LogP contribution is 2.21. The van der Waals surface area contributed by atoms with Crippen molar-refractivity contribution in [2.24, 2.45) is 0 Å². The molecule has 0 aliphatic carbocycles. The van der Waals surface area contributed by atoms with Gasteiger partial charge in [-0.2, -0.15) is 5.10 Å². The number of furan rings is 1. The van der Waals surface area contributed by atoms with E-state index < -0.39 is 13.0 Å². The van der Waals surface area contributed by atoms with Crippen molar-refractivity contribution in [2.75, 3.05) is 5.32 Å². The number of halogens is 2. The van der Waals surface area contributed by atoms with E-state index >= 15 is 0 Å². The van der Waals surface area contributed by atoms with Crippen LogP contribution in [0.1, 0.15) is 31.4 Å². The molecule has 0 aliphatic heterocycles. The number of rotatable bonds is 6. The summed E-state index contributed by atoms with van der Waals surface area (Å²) in [4.78, 5) is 0. The molecule has 6 heteroatoms. The maximum atomic E-state index is 12.2.